The van der Waals surface area contributed by atoms with Crippen molar-refractivity contribution in [3.05, 3.63) is 47.4 Å². The first-order valence-corrected chi connectivity index (χ1v) is 5.74. The summed E-state index contributed by atoms with van der Waals surface area (Å²) in [5.74, 6) is -0.106. The number of hydrogen-bond donors (Lipinski definition) is 1. The second kappa shape index (κ2) is 4.66. The number of aryl methyl sites for hydroxylation is 1. The first-order valence-electron chi connectivity index (χ1n) is 5.74. The molecule has 1 atom stereocenters. The fraction of sp³-hybridized carbons (Fsp3) is 0.385. The molecule has 1 unspecified atom stereocenters. The van der Waals surface area contributed by atoms with Crippen LogP contribution in [0.1, 0.15) is 31.0 Å². The van der Waals surface area contributed by atoms with Crippen LogP contribution in [-0.4, -0.2) is 11.6 Å². The van der Waals surface area contributed by atoms with Crippen molar-refractivity contribution in [3.8, 4) is 0 Å². The molecule has 1 heterocycles. The molecule has 0 bridgehead atoms. The lowest BCUT2D eigenvalue weighted by molar-refractivity contribution is 0.289. The van der Waals surface area contributed by atoms with Crippen LogP contribution >= 0.6 is 0 Å². The van der Waals surface area contributed by atoms with Gasteiger partial charge in [-0.25, -0.2) is 9.82 Å². The highest BCUT2D eigenvalue weighted by Crippen LogP contribution is 2.22. The quantitative estimate of drug-likeness (QED) is 0.842. The van der Waals surface area contributed by atoms with Gasteiger partial charge >= 0.3 is 0 Å². The van der Waals surface area contributed by atoms with Gasteiger partial charge in [-0.15, -0.1) is 0 Å². The van der Waals surface area contributed by atoms with Crippen molar-refractivity contribution in [2.24, 2.45) is 0 Å². The summed E-state index contributed by atoms with van der Waals surface area (Å²) in [5.41, 5.74) is 5.03. The summed E-state index contributed by atoms with van der Waals surface area (Å²) in [6.45, 7) is 4.94. The summed E-state index contributed by atoms with van der Waals surface area (Å²) in [7, 11) is 0. The number of benzene rings is 1. The Morgan fingerprint density at radius 1 is 1.38 bits per heavy atom. The summed E-state index contributed by atoms with van der Waals surface area (Å²) in [6, 6.07) is 5.58. The summed E-state index contributed by atoms with van der Waals surface area (Å²) >= 11 is 0. The van der Waals surface area contributed by atoms with E-state index in [0.717, 1.165) is 24.1 Å². The monoisotopic (exact) mass is 220 g/mol. The third-order valence-corrected chi connectivity index (χ3v) is 2.92. The largest absolute Gasteiger partial charge is 0.315 e. The second-order valence-electron chi connectivity index (χ2n) is 3.94. The first-order chi connectivity index (χ1) is 7.74. The first kappa shape index (κ1) is 11.1. The molecule has 0 amide bonds. The van der Waals surface area contributed by atoms with Gasteiger partial charge in [-0.05, 0) is 36.6 Å². The smallest absolute Gasteiger partial charge is 0.126 e. The van der Waals surface area contributed by atoms with Gasteiger partial charge in [-0.2, -0.15) is 0 Å². The van der Waals surface area contributed by atoms with Crippen LogP contribution in [0.2, 0.25) is 0 Å². The van der Waals surface area contributed by atoms with E-state index in [4.69, 9.17) is 0 Å². The fourth-order valence-corrected chi connectivity index (χ4v) is 1.88. The lowest BCUT2D eigenvalue weighted by Crippen LogP contribution is -2.30. The van der Waals surface area contributed by atoms with E-state index >= 15 is 0 Å². The zero-order chi connectivity index (χ0) is 11.5. The van der Waals surface area contributed by atoms with E-state index in [1.165, 1.54) is 0 Å². The highest BCUT2D eigenvalue weighted by Gasteiger charge is 2.16. The predicted molar refractivity (Wildman–Crippen MR) is 63.2 cm³/mol. The van der Waals surface area contributed by atoms with Crippen molar-refractivity contribution in [1.29, 1.82) is 0 Å². The van der Waals surface area contributed by atoms with Crippen molar-refractivity contribution in [2.45, 2.75) is 26.3 Å². The van der Waals surface area contributed by atoms with E-state index in [9.17, 15) is 4.39 Å². The Bertz CT molecular complexity index is 401. The van der Waals surface area contributed by atoms with E-state index in [0.29, 0.717) is 0 Å². The van der Waals surface area contributed by atoms with E-state index in [-0.39, 0.29) is 11.9 Å². The molecule has 0 fully saturated rings. The van der Waals surface area contributed by atoms with Gasteiger partial charge < -0.3 is 5.01 Å². The van der Waals surface area contributed by atoms with E-state index in [1.807, 2.05) is 36.3 Å². The number of nitrogens with zero attached hydrogens (tertiary/aromatic N) is 1. The van der Waals surface area contributed by atoms with Crippen LogP contribution in [0.5, 0.6) is 0 Å². The molecule has 2 rings (SSSR count). The van der Waals surface area contributed by atoms with Crippen LogP contribution in [0.4, 0.5) is 4.39 Å². The molecule has 0 radical (unpaired) electrons. The second-order valence-corrected chi connectivity index (χ2v) is 3.94. The molecule has 1 aromatic rings. The number of hydrogen-bond acceptors (Lipinski definition) is 2. The normalized spacial score (nSPS) is 19.4. The molecule has 0 aliphatic carbocycles. The standard InChI is InChI=1S/C13H17FN2/c1-3-10-5-6-11(9-12(10)14)13-7-8-16(4-2)15-13/h5-9,13,15H,3-4H2,1-2H3. The zero-order valence-electron chi connectivity index (χ0n) is 9.70. The molecule has 0 aromatic heterocycles. The van der Waals surface area contributed by atoms with Crippen LogP contribution < -0.4 is 5.43 Å². The Balaban J connectivity index is 2.17. The molecule has 2 nitrogen and oxygen atoms in total. The molecule has 16 heavy (non-hydrogen) atoms. The average molecular weight is 220 g/mol. The Labute approximate surface area is 95.7 Å². The summed E-state index contributed by atoms with van der Waals surface area (Å²) in [4.78, 5) is 0. The molecular weight excluding hydrogens is 203 g/mol. The molecule has 1 N–H and O–H groups in total. The summed E-state index contributed by atoms with van der Waals surface area (Å²) in [5, 5.41) is 2.00. The fourth-order valence-electron chi connectivity index (χ4n) is 1.88. The van der Waals surface area contributed by atoms with Crippen molar-refractivity contribution in [1.82, 2.24) is 10.4 Å². The minimum Gasteiger partial charge on any atom is -0.315 e. The molecule has 3 heteroatoms. The SMILES string of the molecule is CCc1ccc(C2C=CN(CC)N2)cc1F. The number of hydrazine groups is 1. The minimum atomic E-state index is -0.106. The van der Waals surface area contributed by atoms with Crippen LogP contribution in [0.25, 0.3) is 0 Å². The minimum absolute atomic E-state index is 0.0976. The lowest BCUT2D eigenvalue weighted by Gasteiger charge is -2.18. The van der Waals surface area contributed by atoms with Crippen molar-refractivity contribution < 1.29 is 4.39 Å². The zero-order valence-corrected chi connectivity index (χ0v) is 9.70. The number of nitrogens with one attached hydrogen (secondary N) is 1. The van der Waals surface area contributed by atoms with Crippen LogP contribution in [0.3, 0.4) is 0 Å². The van der Waals surface area contributed by atoms with Gasteiger partial charge in [0.25, 0.3) is 0 Å². The van der Waals surface area contributed by atoms with Gasteiger partial charge in [-0.1, -0.05) is 19.1 Å². The molecule has 1 aliphatic rings. The van der Waals surface area contributed by atoms with Crippen molar-refractivity contribution in [2.75, 3.05) is 6.54 Å². The Morgan fingerprint density at radius 2 is 2.19 bits per heavy atom. The van der Waals surface area contributed by atoms with Gasteiger partial charge in [0.15, 0.2) is 0 Å². The molecule has 0 spiro atoms. The molecule has 1 aliphatic heterocycles. The summed E-state index contributed by atoms with van der Waals surface area (Å²) < 4.78 is 13.6. The van der Waals surface area contributed by atoms with Gasteiger partial charge in [-0.3, -0.25) is 0 Å². The van der Waals surface area contributed by atoms with E-state index < -0.39 is 0 Å². The molecule has 1 aromatic carbocycles. The van der Waals surface area contributed by atoms with Crippen molar-refractivity contribution >= 4 is 0 Å². The van der Waals surface area contributed by atoms with Crippen LogP contribution in [0, 0.1) is 5.82 Å². The van der Waals surface area contributed by atoms with Crippen LogP contribution in [-0.2, 0) is 6.42 Å². The maximum atomic E-state index is 13.6. The highest BCUT2D eigenvalue weighted by atomic mass is 19.1. The Morgan fingerprint density at radius 3 is 2.75 bits per heavy atom. The maximum Gasteiger partial charge on any atom is 0.126 e. The van der Waals surface area contributed by atoms with Crippen LogP contribution in [0.15, 0.2) is 30.5 Å². The molecule has 86 valence electrons. The third kappa shape index (κ3) is 2.09. The number of halogens is 1. The third-order valence-electron chi connectivity index (χ3n) is 2.92. The van der Waals surface area contributed by atoms with Gasteiger partial charge in [0.2, 0.25) is 0 Å². The summed E-state index contributed by atoms with van der Waals surface area (Å²) in [6.07, 6.45) is 4.78. The van der Waals surface area contributed by atoms with E-state index in [2.05, 4.69) is 12.3 Å². The topological polar surface area (TPSA) is 15.3 Å². The molecule has 0 saturated heterocycles. The highest BCUT2D eigenvalue weighted by molar-refractivity contribution is 5.29. The molecular formula is C13H17FN2. The van der Waals surface area contributed by atoms with E-state index in [1.54, 1.807) is 6.07 Å². The van der Waals surface area contributed by atoms with Gasteiger partial charge in [0, 0.05) is 12.7 Å². The lowest BCUT2D eigenvalue weighted by atomic mass is 10.0. The van der Waals surface area contributed by atoms with Gasteiger partial charge in [0.05, 0.1) is 6.04 Å². The average Bonchev–Trinajstić information content (AvgIpc) is 2.77. The Kier molecular flexibility index (Phi) is 3.25. The van der Waals surface area contributed by atoms with Crippen molar-refractivity contribution in [3.63, 3.8) is 0 Å². The molecule has 0 saturated carbocycles. The van der Waals surface area contributed by atoms with Gasteiger partial charge in [0.1, 0.15) is 5.82 Å². The Hall–Kier alpha value is -1.35. The number of rotatable bonds is 3. The predicted octanol–water partition coefficient (Wildman–Crippen LogP) is 2.78. The maximum absolute atomic E-state index is 13.6.